The highest BCUT2D eigenvalue weighted by atomic mass is 32.2. The molecule has 0 amide bonds. The van der Waals surface area contributed by atoms with Gasteiger partial charge < -0.3 is 0 Å². The SMILES string of the molecule is C=C(C)C1CC/C(C(c2nnnn2-c2c(C)cccc2C)N2CCCC2)=C\CC2SC21. The number of likely N-dealkylation sites (tertiary alicyclic amines) is 1. The van der Waals surface area contributed by atoms with Crippen LogP contribution in [0.3, 0.4) is 0 Å². The van der Waals surface area contributed by atoms with E-state index in [1.165, 1.54) is 41.5 Å². The smallest absolute Gasteiger partial charge is 0.177 e. The van der Waals surface area contributed by atoms with Crippen molar-refractivity contribution >= 4 is 11.8 Å². The third-order valence-electron chi connectivity index (χ3n) is 7.25. The molecule has 2 fully saturated rings. The van der Waals surface area contributed by atoms with Crippen molar-refractivity contribution in [3.05, 3.63) is 59.0 Å². The van der Waals surface area contributed by atoms with Gasteiger partial charge in [-0.05, 0) is 99.0 Å². The first kappa shape index (κ1) is 21.0. The number of thioether (sulfide) groups is 1. The van der Waals surface area contributed by atoms with Crippen molar-refractivity contribution in [1.82, 2.24) is 25.1 Å². The summed E-state index contributed by atoms with van der Waals surface area (Å²) in [5, 5.41) is 14.8. The molecule has 0 saturated carbocycles. The summed E-state index contributed by atoms with van der Waals surface area (Å²) in [7, 11) is 0. The van der Waals surface area contributed by atoms with Crippen LogP contribution in [0, 0.1) is 19.8 Å². The number of rotatable bonds is 5. The number of aromatic nitrogens is 4. The Morgan fingerprint density at radius 1 is 1.19 bits per heavy atom. The number of hydrogen-bond donors (Lipinski definition) is 0. The van der Waals surface area contributed by atoms with E-state index in [1.54, 1.807) is 0 Å². The minimum Gasteiger partial charge on any atom is -0.290 e. The Hall–Kier alpha value is -1.92. The first-order valence-corrected chi connectivity index (χ1v) is 12.6. The van der Waals surface area contributed by atoms with Crippen LogP contribution in [0.15, 0.2) is 42.0 Å². The van der Waals surface area contributed by atoms with Crippen LogP contribution in [0.2, 0.25) is 0 Å². The van der Waals surface area contributed by atoms with E-state index in [0.29, 0.717) is 5.92 Å². The molecule has 5 nitrogen and oxygen atoms in total. The van der Waals surface area contributed by atoms with E-state index in [-0.39, 0.29) is 6.04 Å². The summed E-state index contributed by atoms with van der Waals surface area (Å²) in [6.45, 7) is 13.1. The van der Waals surface area contributed by atoms with E-state index < -0.39 is 0 Å². The van der Waals surface area contributed by atoms with Gasteiger partial charge in [-0.25, -0.2) is 0 Å². The normalized spacial score (nSPS) is 28.9. The Bertz CT molecular complexity index is 983. The van der Waals surface area contributed by atoms with Crippen LogP contribution in [-0.4, -0.2) is 48.7 Å². The standard InChI is InChI=1S/C25H33N5S/c1-16(2)20-12-10-19(11-13-21-24(20)31-21)23(29-14-5-6-15-29)25-26-27-28-30(25)22-17(3)8-7-9-18(22)4/h7-9,11,20-21,23-24H,1,5-6,10,12-15H2,2-4H3/b19-11+. The molecule has 0 bridgehead atoms. The second kappa shape index (κ2) is 8.55. The van der Waals surface area contributed by atoms with Gasteiger partial charge >= 0.3 is 0 Å². The summed E-state index contributed by atoms with van der Waals surface area (Å²) in [6.07, 6.45) is 8.48. The van der Waals surface area contributed by atoms with Gasteiger partial charge in [0, 0.05) is 10.5 Å². The van der Waals surface area contributed by atoms with E-state index in [9.17, 15) is 0 Å². The predicted octanol–water partition coefficient (Wildman–Crippen LogP) is 5.20. The molecular formula is C25H33N5S. The van der Waals surface area contributed by atoms with Gasteiger partial charge in [-0.3, -0.25) is 4.90 Å². The van der Waals surface area contributed by atoms with Gasteiger partial charge in [-0.2, -0.15) is 16.4 Å². The van der Waals surface area contributed by atoms with E-state index in [0.717, 1.165) is 47.9 Å². The monoisotopic (exact) mass is 435 g/mol. The molecule has 5 rings (SSSR count). The molecule has 4 unspecified atom stereocenters. The minimum absolute atomic E-state index is 0.155. The maximum Gasteiger partial charge on any atom is 0.177 e. The molecule has 0 N–H and O–H groups in total. The van der Waals surface area contributed by atoms with Gasteiger partial charge in [0.25, 0.3) is 0 Å². The van der Waals surface area contributed by atoms with Crippen molar-refractivity contribution < 1.29 is 0 Å². The van der Waals surface area contributed by atoms with Gasteiger partial charge in [-0.1, -0.05) is 36.4 Å². The van der Waals surface area contributed by atoms with Crippen molar-refractivity contribution in [1.29, 1.82) is 0 Å². The maximum atomic E-state index is 4.63. The molecule has 1 aliphatic carbocycles. The third kappa shape index (κ3) is 4.00. The van der Waals surface area contributed by atoms with Crippen molar-refractivity contribution in [3.8, 4) is 5.69 Å². The van der Waals surface area contributed by atoms with Crippen LogP contribution >= 0.6 is 11.8 Å². The summed E-state index contributed by atoms with van der Waals surface area (Å²) in [5.41, 5.74) is 6.39. The van der Waals surface area contributed by atoms with Gasteiger partial charge in [0.05, 0.1) is 11.7 Å². The van der Waals surface area contributed by atoms with Crippen LogP contribution < -0.4 is 0 Å². The molecular weight excluding hydrogens is 402 g/mol. The molecule has 2 aromatic rings. The van der Waals surface area contributed by atoms with Gasteiger partial charge in [0.2, 0.25) is 0 Å². The fourth-order valence-electron chi connectivity index (χ4n) is 5.56. The number of hydrogen-bond acceptors (Lipinski definition) is 5. The third-order valence-corrected chi connectivity index (χ3v) is 8.75. The van der Waals surface area contributed by atoms with Crippen LogP contribution in [0.1, 0.15) is 62.0 Å². The second-order valence-corrected chi connectivity index (χ2v) is 10.9. The van der Waals surface area contributed by atoms with Crippen LogP contribution in [-0.2, 0) is 0 Å². The molecule has 3 aliphatic rings. The topological polar surface area (TPSA) is 46.8 Å². The summed E-state index contributed by atoms with van der Waals surface area (Å²) in [5.74, 6) is 1.60. The van der Waals surface area contributed by atoms with Crippen LogP contribution in [0.4, 0.5) is 0 Å². The number of nitrogens with zero attached hydrogens (tertiary/aromatic N) is 5. The number of fused-ring (bicyclic) bond motifs is 1. The maximum absolute atomic E-state index is 4.63. The summed E-state index contributed by atoms with van der Waals surface area (Å²) >= 11 is 2.15. The number of aryl methyl sites for hydroxylation is 2. The lowest BCUT2D eigenvalue weighted by Gasteiger charge is -2.31. The lowest BCUT2D eigenvalue weighted by molar-refractivity contribution is 0.256. The first-order valence-electron chi connectivity index (χ1n) is 11.6. The van der Waals surface area contributed by atoms with Crippen LogP contribution in [0.25, 0.3) is 5.69 Å². The molecule has 1 aromatic carbocycles. The Morgan fingerprint density at radius 3 is 2.65 bits per heavy atom. The second-order valence-electron chi connectivity index (χ2n) is 9.48. The number of allylic oxidation sites excluding steroid dienone is 2. The van der Waals surface area contributed by atoms with E-state index in [2.05, 4.69) is 83.8 Å². The molecule has 3 heterocycles. The Morgan fingerprint density at radius 2 is 1.94 bits per heavy atom. The predicted molar refractivity (Wildman–Crippen MR) is 128 cm³/mol. The van der Waals surface area contributed by atoms with Crippen molar-refractivity contribution in [2.45, 2.75) is 69.4 Å². The highest BCUT2D eigenvalue weighted by Gasteiger charge is 2.45. The lowest BCUT2D eigenvalue weighted by Crippen LogP contribution is -2.31. The summed E-state index contributed by atoms with van der Waals surface area (Å²) in [4.78, 5) is 2.61. The highest BCUT2D eigenvalue weighted by Crippen LogP contribution is 2.53. The Labute approximate surface area is 190 Å². The molecule has 31 heavy (non-hydrogen) atoms. The van der Waals surface area contributed by atoms with Crippen molar-refractivity contribution in [2.24, 2.45) is 5.92 Å². The lowest BCUT2D eigenvalue weighted by atomic mass is 9.84. The van der Waals surface area contributed by atoms with Crippen LogP contribution in [0.5, 0.6) is 0 Å². The Balaban J connectivity index is 1.55. The quantitative estimate of drug-likeness (QED) is 0.477. The highest BCUT2D eigenvalue weighted by molar-refractivity contribution is 8.07. The largest absolute Gasteiger partial charge is 0.290 e. The molecule has 1 aromatic heterocycles. The fourth-order valence-corrected chi connectivity index (χ4v) is 6.94. The average molecular weight is 436 g/mol. The zero-order chi connectivity index (χ0) is 21.5. The van der Waals surface area contributed by atoms with Gasteiger partial charge in [-0.15, -0.1) is 5.10 Å². The number of tetrazole rings is 1. The molecule has 2 aliphatic heterocycles. The fraction of sp³-hybridized carbons (Fsp3) is 0.560. The summed E-state index contributed by atoms with van der Waals surface area (Å²) < 4.78 is 2.01. The number of para-hydroxylation sites is 1. The number of benzene rings is 1. The minimum atomic E-state index is 0.155. The van der Waals surface area contributed by atoms with Gasteiger partial charge in [0.1, 0.15) is 0 Å². The summed E-state index contributed by atoms with van der Waals surface area (Å²) in [6, 6.07) is 6.56. The van der Waals surface area contributed by atoms with E-state index in [1.807, 2.05) is 4.68 Å². The van der Waals surface area contributed by atoms with E-state index in [4.69, 9.17) is 0 Å². The zero-order valence-electron chi connectivity index (χ0n) is 18.9. The first-order chi connectivity index (χ1) is 15.0. The average Bonchev–Trinajstić information content (AvgIpc) is 3.10. The molecule has 0 radical (unpaired) electrons. The Kier molecular flexibility index (Phi) is 5.78. The van der Waals surface area contributed by atoms with E-state index >= 15 is 0 Å². The molecule has 0 spiro atoms. The molecule has 6 heteroatoms. The zero-order valence-corrected chi connectivity index (χ0v) is 19.7. The molecule has 2 saturated heterocycles. The van der Waals surface area contributed by atoms with Crippen molar-refractivity contribution in [2.75, 3.05) is 13.1 Å². The molecule has 4 atom stereocenters. The van der Waals surface area contributed by atoms with Gasteiger partial charge in [0.15, 0.2) is 5.82 Å². The van der Waals surface area contributed by atoms with Crippen molar-refractivity contribution in [3.63, 3.8) is 0 Å². The molecule has 164 valence electrons.